The molecule has 0 radical (unpaired) electrons. The number of carbonyl (C=O) groups is 1. The lowest BCUT2D eigenvalue weighted by molar-refractivity contribution is -0.156. The van der Waals surface area contributed by atoms with Crippen molar-refractivity contribution >= 4 is 5.97 Å². The van der Waals surface area contributed by atoms with Gasteiger partial charge in [-0.1, -0.05) is 43.3 Å². The molecule has 4 heteroatoms. The summed E-state index contributed by atoms with van der Waals surface area (Å²) in [6.07, 6.45) is 5.04. The van der Waals surface area contributed by atoms with Gasteiger partial charge in [-0.3, -0.25) is 0 Å². The van der Waals surface area contributed by atoms with Gasteiger partial charge in [0.15, 0.2) is 6.10 Å². The van der Waals surface area contributed by atoms with Crippen molar-refractivity contribution in [3.05, 3.63) is 48.0 Å². The van der Waals surface area contributed by atoms with Crippen LogP contribution in [-0.4, -0.2) is 31.9 Å². The smallest absolute Gasteiger partial charge is 0.339 e. The maximum Gasteiger partial charge on any atom is 0.339 e. The van der Waals surface area contributed by atoms with E-state index in [4.69, 9.17) is 14.2 Å². The van der Waals surface area contributed by atoms with Crippen LogP contribution in [-0.2, 0) is 25.6 Å². The van der Waals surface area contributed by atoms with Crippen molar-refractivity contribution in [2.45, 2.75) is 38.6 Å². The van der Waals surface area contributed by atoms with E-state index in [1.165, 1.54) is 12.7 Å². The molecule has 0 saturated carbocycles. The molecule has 120 valence electrons. The molecule has 1 aromatic rings. The minimum absolute atomic E-state index is 0.0365. The molecule has 0 spiro atoms. The van der Waals surface area contributed by atoms with E-state index in [0.717, 1.165) is 12.8 Å². The van der Waals surface area contributed by atoms with Crippen LogP contribution in [0.25, 0.3) is 0 Å². The summed E-state index contributed by atoms with van der Waals surface area (Å²) in [6, 6.07) is 10.1. The highest BCUT2D eigenvalue weighted by molar-refractivity contribution is 5.76. The van der Waals surface area contributed by atoms with Crippen molar-refractivity contribution in [2.24, 2.45) is 5.92 Å². The predicted octanol–water partition coefficient (Wildman–Crippen LogP) is 3.12. The van der Waals surface area contributed by atoms with E-state index in [9.17, 15) is 4.79 Å². The van der Waals surface area contributed by atoms with Crippen LogP contribution in [0.2, 0.25) is 0 Å². The van der Waals surface area contributed by atoms with Crippen LogP contribution in [0.4, 0.5) is 0 Å². The zero-order chi connectivity index (χ0) is 15.8. The fourth-order valence-corrected chi connectivity index (χ4v) is 2.49. The molecule has 0 aromatic heterocycles. The van der Waals surface area contributed by atoms with Gasteiger partial charge >= 0.3 is 5.97 Å². The molecule has 0 saturated heterocycles. The second-order valence-corrected chi connectivity index (χ2v) is 5.54. The Balaban J connectivity index is 1.68. The number of hydrogen-bond donors (Lipinski definition) is 0. The van der Waals surface area contributed by atoms with Gasteiger partial charge in [-0.2, -0.15) is 0 Å². The fourth-order valence-electron chi connectivity index (χ4n) is 2.49. The summed E-state index contributed by atoms with van der Waals surface area (Å²) in [5.41, 5.74) is 1.18. The molecule has 0 amide bonds. The maximum atomic E-state index is 11.5. The van der Waals surface area contributed by atoms with Crippen LogP contribution >= 0.6 is 0 Å². The Hall–Kier alpha value is -1.65. The maximum absolute atomic E-state index is 11.5. The standard InChI is InChI=1S/C18H24O4/c1-14-10-11-17(18(19)20-2)22-16(14)9-6-12-21-13-15-7-4-3-5-8-15/h3-5,7-8,10-11,14,16-17H,6,9,12-13H2,1-2H3/t14-,16+,17+/m0/s1. The van der Waals surface area contributed by atoms with Gasteiger partial charge in [0.05, 0.1) is 19.8 Å². The average molecular weight is 304 g/mol. The Kier molecular flexibility index (Phi) is 6.62. The number of methoxy groups -OCH3 is 1. The second kappa shape index (κ2) is 8.71. The molecule has 1 aliphatic rings. The van der Waals surface area contributed by atoms with Crippen molar-refractivity contribution < 1.29 is 19.0 Å². The summed E-state index contributed by atoms with van der Waals surface area (Å²) in [5.74, 6) is -0.0384. The van der Waals surface area contributed by atoms with Gasteiger partial charge in [0.2, 0.25) is 0 Å². The van der Waals surface area contributed by atoms with Crippen LogP contribution in [0.5, 0.6) is 0 Å². The summed E-state index contributed by atoms with van der Waals surface area (Å²) in [4.78, 5) is 11.5. The van der Waals surface area contributed by atoms with Gasteiger partial charge in [-0.25, -0.2) is 4.79 Å². The van der Waals surface area contributed by atoms with E-state index in [2.05, 4.69) is 19.1 Å². The second-order valence-electron chi connectivity index (χ2n) is 5.54. The molecule has 22 heavy (non-hydrogen) atoms. The average Bonchev–Trinajstić information content (AvgIpc) is 2.56. The molecule has 2 rings (SSSR count). The van der Waals surface area contributed by atoms with Crippen molar-refractivity contribution in [1.29, 1.82) is 0 Å². The van der Waals surface area contributed by atoms with Gasteiger partial charge in [0.25, 0.3) is 0 Å². The Labute approximate surface area is 132 Å². The molecule has 1 aromatic carbocycles. The molecular formula is C18H24O4. The molecule has 1 aliphatic heterocycles. The van der Waals surface area contributed by atoms with Crippen molar-refractivity contribution in [1.82, 2.24) is 0 Å². The normalized spacial score (nSPS) is 24.2. The third kappa shape index (κ3) is 4.97. The van der Waals surface area contributed by atoms with E-state index >= 15 is 0 Å². The topological polar surface area (TPSA) is 44.8 Å². The van der Waals surface area contributed by atoms with E-state index in [-0.39, 0.29) is 12.1 Å². The largest absolute Gasteiger partial charge is 0.467 e. The third-order valence-corrected chi connectivity index (χ3v) is 3.82. The predicted molar refractivity (Wildman–Crippen MR) is 84.3 cm³/mol. The Morgan fingerprint density at radius 2 is 2.00 bits per heavy atom. The van der Waals surface area contributed by atoms with Gasteiger partial charge in [0, 0.05) is 12.5 Å². The minimum Gasteiger partial charge on any atom is -0.467 e. The van der Waals surface area contributed by atoms with E-state index in [0.29, 0.717) is 19.1 Å². The molecule has 4 nitrogen and oxygen atoms in total. The fraction of sp³-hybridized carbons (Fsp3) is 0.500. The number of esters is 1. The van der Waals surface area contributed by atoms with E-state index < -0.39 is 6.10 Å². The third-order valence-electron chi connectivity index (χ3n) is 3.82. The summed E-state index contributed by atoms with van der Waals surface area (Å²) in [6.45, 7) is 3.42. The SMILES string of the molecule is COC(=O)[C@H]1C=C[C@H](C)[C@@H](CCCOCc2ccccc2)O1. The summed E-state index contributed by atoms with van der Waals surface area (Å²) in [5, 5.41) is 0. The Bertz CT molecular complexity index is 483. The Morgan fingerprint density at radius 1 is 1.23 bits per heavy atom. The van der Waals surface area contributed by atoms with Crippen LogP contribution in [0, 0.1) is 5.92 Å². The number of benzene rings is 1. The molecule has 0 fully saturated rings. The van der Waals surface area contributed by atoms with Crippen molar-refractivity contribution in [2.75, 3.05) is 13.7 Å². The molecule has 0 aliphatic carbocycles. The monoisotopic (exact) mass is 304 g/mol. The zero-order valence-corrected chi connectivity index (χ0v) is 13.2. The molecule has 0 unspecified atom stereocenters. The first kappa shape index (κ1) is 16.7. The highest BCUT2D eigenvalue weighted by Crippen LogP contribution is 2.23. The van der Waals surface area contributed by atoms with E-state index in [1.54, 1.807) is 6.08 Å². The van der Waals surface area contributed by atoms with Crippen LogP contribution in [0.1, 0.15) is 25.3 Å². The summed E-state index contributed by atoms with van der Waals surface area (Å²) >= 11 is 0. The Morgan fingerprint density at radius 3 is 2.73 bits per heavy atom. The number of hydrogen-bond acceptors (Lipinski definition) is 4. The van der Waals surface area contributed by atoms with E-state index in [1.807, 2.05) is 24.3 Å². The first-order valence-corrected chi connectivity index (χ1v) is 7.74. The molecule has 1 heterocycles. The first-order chi connectivity index (χ1) is 10.7. The number of rotatable bonds is 7. The van der Waals surface area contributed by atoms with Gasteiger partial charge in [-0.05, 0) is 24.5 Å². The molecule has 0 N–H and O–H groups in total. The lowest BCUT2D eigenvalue weighted by Gasteiger charge is -2.29. The summed E-state index contributed by atoms with van der Waals surface area (Å²) in [7, 11) is 1.38. The van der Waals surface area contributed by atoms with Crippen LogP contribution in [0.3, 0.4) is 0 Å². The lowest BCUT2D eigenvalue weighted by Crippen LogP contribution is -2.35. The van der Waals surface area contributed by atoms with Crippen LogP contribution < -0.4 is 0 Å². The minimum atomic E-state index is -0.573. The highest BCUT2D eigenvalue weighted by Gasteiger charge is 2.28. The zero-order valence-electron chi connectivity index (χ0n) is 13.2. The van der Waals surface area contributed by atoms with Gasteiger partial charge in [-0.15, -0.1) is 0 Å². The van der Waals surface area contributed by atoms with Gasteiger partial charge < -0.3 is 14.2 Å². The van der Waals surface area contributed by atoms with Crippen molar-refractivity contribution in [3.8, 4) is 0 Å². The quantitative estimate of drug-likeness (QED) is 0.441. The summed E-state index contributed by atoms with van der Waals surface area (Å²) < 4.78 is 16.2. The first-order valence-electron chi connectivity index (χ1n) is 7.74. The van der Waals surface area contributed by atoms with Crippen LogP contribution in [0.15, 0.2) is 42.5 Å². The highest BCUT2D eigenvalue weighted by atomic mass is 16.6. The molecule has 0 bridgehead atoms. The number of ether oxygens (including phenoxy) is 3. The molecule has 3 atom stereocenters. The van der Waals surface area contributed by atoms with Gasteiger partial charge in [0.1, 0.15) is 0 Å². The van der Waals surface area contributed by atoms with Crippen molar-refractivity contribution in [3.63, 3.8) is 0 Å². The lowest BCUT2D eigenvalue weighted by atomic mass is 9.96. The molecular weight excluding hydrogens is 280 g/mol. The number of carbonyl (C=O) groups excluding carboxylic acids is 1.